The van der Waals surface area contributed by atoms with Gasteiger partial charge in [-0.3, -0.25) is 9.48 Å². The minimum Gasteiger partial charge on any atom is -0.377 e. The van der Waals surface area contributed by atoms with Crippen molar-refractivity contribution in [3.63, 3.8) is 0 Å². The van der Waals surface area contributed by atoms with Gasteiger partial charge in [0, 0.05) is 37.9 Å². The summed E-state index contributed by atoms with van der Waals surface area (Å²) in [5.41, 5.74) is 4.09. The molecular formula is C22H32N4O2. The molecule has 6 nitrogen and oxygen atoms in total. The molecule has 1 amide bonds. The highest BCUT2D eigenvalue weighted by molar-refractivity contribution is 5.93. The zero-order valence-electron chi connectivity index (χ0n) is 17.4. The first-order chi connectivity index (χ1) is 13.5. The molecule has 0 saturated carbocycles. The van der Waals surface area contributed by atoms with Gasteiger partial charge in [-0.2, -0.15) is 5.10 Å². The van der Waals surface area contributed by atoms with E-state index in [1.165, 1.54) is 11.3 Å². The van der Waals surface area contributed by atoms with Crippen LogP contribution < -0.4 is 5.32 Å². The summed E-state index contributed by atoms with van der Waals surface area (Å²) in [4.78, 5) is 14.3. The van der Waals surface area contributed by atoms with Gasteiger partial charge < -0.3 is 15.0 Å². The summed E-state index contributed by atoms with van der Waals surface area (Å²) < 4.78 is 7.65. The van der Waals surface area contributed by atoms with Crippen LogP contribution in [0.3, 0.4) is 0 Å². The summed E-state index contributed by atoms with van der Waals surface area (Å²) in [5.74, 6) is -0.0214. The highest BCUT2D eigenvalue weighted by Crippen LogP contribution is 2.26. The van der Waals surface area contributed by atoms with Crippen molar-refractivity contribution < 1.29 is 9.53 Å². The van der Waals surface area contributed by atoms with Gasteiger partial charge in [-0.1, -0.05) is 30.3 Å². The Kier molecular flexibility index (Phi) is 6.86. The van der Waals surface area contributed by atoms with Crippen LogP contribution in [-0.2, 0) is 24.1 Å². The molecule has 1 N–H and O–H groups in total. The Hall–Kier alpha value is -2.18. The van der Waals surface area contributed by atoms with E-state index in [9.17, 15) is 4.79 Å². The maximum absolute atomic E-state index is 12.7. The number of carbonyl (C=O) groups excluding carboxylic acids is 1. The van der Waals surface area contributed by atoms with Gasteiger partial charge in [-0.15, -0.1) is 0 Å². The first-order valence-corrected chi connectivity index (χ1v) is 10.1. The Labute approximate surface area is 167 Å². The zero-order valence-corrected chi connectivity index (χ0v) is 17.4. The number of amides is 1. The van der Waals surface area contributed by atoms with E-state index in [-0.39, 0.29) is 12.0 Å². The van der Waals surface area contributed by atoms with Gasteiger partial charge in [-0.05, 0) is 38.7 Å². The molecule has 1 aliphatic carbocycles. The van der Waals surface area contributed by atoms with Crippen LogP contribution in [0.5, 0.6) is 0 Å². The number of rotatable bonds is 8. The smallest absolute Gasteiger partial charge is 0.274 e. The van der Waals surface area contributed by atoms with Crippen molar-refractivity contribution >= 4 is 5.91 Å². The van der Waals surface area contributed by atoms with E-state index >= 15 is 0 Å². The molecule has 1 unspecified atom stereocenters. The predicted octanol–water partition coefficient (Wildman–Crippen LogP) is 2.51. The molecule has 28 heavy (non-hydrogen) atoms. The first kappa shape index (κ1) is 20.6. The van der Waals surface area contributed by atoms with Gasteiger partial charge in [0.2, 0.25) is 0 Å². The van der Waals surface area contributed by atoms with Crippen molar-refractivity contribution in [1.29, 1.82) is 0 Å². The number of fused-ring (bicyclic) bond motifs is 1. The van der Waals surface area contributed by atoms with Gasteiger partial charge in [-0.25, -0.2) is 0 Å². The van der Waals surface area contributed by atoms with Gasteiger partial charge in [0.1, 0.15) is 0 Å². The molecule has 2 aromatic rings. The third kappa shape index (κ3) is 5.00. The number of hydrogen-bond donors (Lipinski definition) is 1. The van der Waals surface area contributed by atoms with E-state index in [1.807, 2.05) is 36.7 Å². The minimum atomic E-state index is -0.0214. The van der Waals surface area contributed by atoms with Crippen LogP contribution in [0.15, 0.2) is 30.3 Å². The van der Waals surface area contributed by atoms with E-state index in [2.05, 4.69) is 17.4 Å². The summed E-state index contributed by atoms with van der Waals surface area (Å²) in [7, 11) is 3.57. The van der Waals surface area contributed by atoms with Crippen LogP contribution in [0.1, 0.15) is 47.6 Å². The van der Waals surface area contributed by atoms with Gasteiger partial charge in [0.25, 0.3) is 5.91 Å². The van der Waals surface area contributed by atoms with Crippen LogP contribution in [0.4, 0.5) is 0 Å². The van der Waals surface area contributed by atoms with Crippen molar-refractivity contribution in [3.8, 4) is 0 Å². The highest BCUT2D eigenvalue weighted by Gasteiger charge is 2.29. The fourth-order valence-corrected chi connectivity index (χ4v) is 3.69. The number of hydrogen-bond acceptors (Lipinski definition) is 4. The fraction of sp³-hybridized carbons (Fsp3) is 0.545. The number of ether oxygens (including phenoxy) is 1. The predicted molar refractivity (Wildman–Crippen MR) is 111 cm³/mol. The summed E-state index contributed by atoms with van der Waals surface area (Å²) in [6, 6.07) is 10.6. The maximum atomic E-state index is 12.7. The van der Waals surface area contributed by atoms with Crippen LogP contribution in [0.2, 0.25) is 0 Å². The van der Waals surface area contributed by atoms with Gasteiger partial charge >= 0.3 is 0 Å². The van der Waals surface area contributed by atoms with Crippen molar-refractivity contribution in [1.82, 2.24) is 20.0 Å². The molecule has 152 valence electrons. The largest absolute Gasteiger partial charge is 0.377 e. The molecule has 6 heteroatoms. The number of aromatic nitrogens is 2. The van der Waals surface area contributed by atoms with Gasteiger partial charge in [0.05, 0.1) is 19.3 Å². The van der Waals surface area contributed by atoms with E-state index < -0.39 is 0 Å². The van der Waals surface area contributed by atoms with Crippen LogP contribution >= 0.6 is 0 Å². The van der Waals surface area contributed by atoms with E-state index in [0.717, 1.165) is 31.4 Å². The molecular weight excluding hydrogens is 352 g/mol. The quantitative estimate of drug-likeness (QED) is 0.711. The summed E-state index contributed by atoms with van der Waals surface area (Å²) in [6.07, 6.45) is 3.06. The maximum Gasteiger partial charge on any atom is 0.274 e. The van der Waals surface area contributed by atoms with Crippen molar-refractivity contribution in [2.45, 2.75) is 51.8 Å². The molecule has 0 fully saturated rings. The number of carbonyl (C=O) groups is 1. The molecule has 1 aliphatic rings. The molecule has 1 heterocycles. The average Bonchev–Trinajstić information content (AvgIpc) is 3.03. The van der Waals surface area contributed by atoms with E-state index in [4.69, 9.17) is 9.84 Å². The molecule has 0 bridgehead atoms. The summed E-state index contributed by atoms with van der Waals surface area (Å²) in [6.45, 7) is 6.33. The summed E-state index contributed by atoms with van der Waals surface area (Å²) >= 11 is 0. The van der Waals surface area contributed by atoms with E-state index in [0.29, 0.717) is 24.9 Å². The monoisotopic (exact) mass is 384 g/mol. The topological polar surface area (TPSA) is 59.4 Å². The SMILES string of the molecule is CC(C)OCCNC1CCc2c(c(C(=O)N(C)C)nn2Cc2ccccc2)C1. The Balaban J connectivity index is 1.77. The molecule has 0 radical (unpaired) electrons. The van der Waals surface area contributed by atoms with Crippen LogP contribution in [-0.4, -0.2) is 60.0 Å². The van der Waals surface area contributed by atoms with Crippen LogP contribution in [0, 0.1) is 0 Å². The summed E-state index contributed by atoms with van der Waals surface area (Å²) in [5, 5.41) is 8.32. The van der Waals surface area contributed by atoms with E-state index in [1.54, 1.807) is 19.0 Å². The molecule has 0 aliphatic heterocycles. The lowest BCUT2D eigenvalue weighted by Crippen LogP contribution is -2.37. The zero-order chi connectivity index (χ0) is 20.1. The average molecular weight is 385 g/mol. The first-order valence-electron chi connectivity index (χ1n) is 10.1. The standard InChI is InChI=1S/C22H32N4O2/c1-16(2)28-13-12-23-18-10-11-20-19(14-18)21(22(27)25(3)4)24-26(20)15-17-8-6-5-7-9-17/h5-9,16,18,23H,10-15H2,1-4H3. The molecule has 1 aromatic carbocycles. The second-order valence-electron chi connectivity index (χ2n) is 7.93. The van der Waals surface area contributed by atoms with Crippen molar-refractivity contribution in [2.24, 2.45) is 0 Å². The molecule has 3 rings (SSSR count). The lowest BCUT2D eigenvalue weighted by molar-refractivity contribution is 0.0787. The van der Waals surface area contributed by atoms with Crippen LogP contribution in [0.25, 0.3) is 0 Å². The Morgan fingerprint density at radius 1 is 1.32 bits per heavy atom. The number of nitrogens with zero attached hydrogens (tertiary/aromatic N) is 3. The second kappa shape index (κ2) is 9.34. The lowest BCUT2D eigenvalue weighted by Gasteiger charge is -2.25. The fourth-order valence-electron chi connectivity index (χ4n) is 3.69. The Morgan fingerprint density at radius 2 is 2.07 bits per heavy atom. The van der Waals surface area contributed by atoms with Crippen molar-refractivity contribution in [3.05, 3.63) is 52.8 Å². The lowest BCUT2D eigenvalue weighted by atomic mass is 9.91. The third-order valence-corrected chi connectivity index (χ3v) is 5.12. The normalized spacial score (nSPS) is 16.2. The molecule has 0 saturated heterocycles. The third-order valence-electron chi connectivity index (χ3n) is 5.12. The minimum absolute atomic E-state index is 0.0214. The molecule has 1 aromatic heterocycles. The second-order valence-corrected chi connectivity index (χ2v) is 7.93. The number of nitrogens with one attached hydrogen (secondary N) is 1. The molecule has 0 spiro atoms. The number of benzene rings is 1. The Bertz CT molecular complexity index is 783. The van der Waals surface area contributed by atoms with Crippen molar-refractivity contribution in [2.75, 3.05) is 27.2 Å². The van der Waals surface area contributed by atoms with Gasteiger partial charge in [0.15, 0.2) is 5.69 Å². The highest BCUT2D eigenvalue weighted by atomic mass is 16.5. The molecule has 1 atom stereocenters. The Morgan fingerprint density at radius 3 is 2.75 bits per heavy atom.